The summed E-state index contributed by atoms with van der Waals surface area (Å²) in [6, 6.07) is 0. The van der Waals surface area contributed by atoms with Crippen LogP contribution in [0.3, 0.4) is 0 Å². The molecule has 11 heteroatoms. The molecule has 11 nitrogen and oxygen atoms in total. The molecule has 0 aromatic carbocycles. The zero-order valence-corrected chi connectivity index (χ0v) is 16.3. The number of allylic oxidation sites excluding steroid dienone is 1. The van der Waals surface area contributed by atoms with E-state index in [1.165, 1.54) is 6.08 Å². The Balaban J connectivity index is -0.000000322. The van der Waals surface area contributed by atoms with Gasteiger partial charge >= 0.3 is 0 Å². The SMILES string of the molecule is C=CC1OCC(CO)O1.C=CC1OCC(O)CO1.C=CC=O.O.OCC(O)CO. The van der Waals surface area contributed by atoms with Crippen LogP contribution in [0, 0.1) is 0 Å². The largest absolute Gasteiger partial charge is 0.412 e. The second-order valence-electron chi connectivity index (χ2n) is 5.19. The molecule has 172 valence electrons. The van der Waals surface area contributed by atoms with Gasteiger partial charge in [-0.3, -0.25) is 4.79 Å². The summed E-state index contributed by atoms with van der Waals surface area (Å²) in [5.74, 6) is 0. The van der Waals surface area contributed by atoms with Gasteiger partial charge in [-0.05, 0) is 18.2 Å². The van der Waals surface area contributed by atoms with Crippen LogP contribution in [0.4, 0.5) is 0 Å². The average molecular weight is 426 g/mol. The summed E-state index contributed by atoms with van der Waals surface area (Å²) in [6.07, 6.45) is 2.73. The monoisotopic (exact) mass is 426 g/mol. The van der Waals surface area contributed by atoms with E-state index in [1.807, 2.05) is 0 Å². The van der Waals surface area contributed by atoms with Crippen molar-refractivity contribution in [2.45, 2.75) is 30.9 Å². The fourth-order valence-electron chi connectivity index (χ4n) is 1.39. The molecule has 0 saturated carbocycles. The maximum atomic E-state index is 9.06. The van der Waals surface area contributed by atoms with Gasteiger partial charge in [0.05, 0.1) is 39.6 Å². The Hall–Kier alpha value is -1.51. The van der Waals surface area contributed by atoms with E-state index >= 15 is 0 Å². The minimum atomic E-state index is -0.954. The molecular formula is C18H34O11. The van der Waals surface area contributed by atoms with E-state index in [2.05, 4.69) is 19.7 Å². The fourth-order valence-corrected chi connectivity index (χ4v) is 1.39. The highest BCUT2D eigenvalue weighted by molar-refractivity contribution is 5.63. The summed E-state index contributed by atoms with van der Waals surface area (Å²) in [5.41, 5.74) is 0. The lowest BCUT2D eigenvalue weighted by Gasteiger charge is -2.23. The first-order valence-electron chi connectivity index (χ1n) is 8.42. The van der Waals surface area contributed by atoms with Crippen molar-refractivity contribution in [1.29, 1.82) is 0 Å². The van der Waals surface area contributed by atoms with Crippen molar-refractivity contribution in [2.75, 3.05) is 39.6 Å². The van der Waals surface area contributed by atoms with E-state index in [-0.39, 0.29) is 44.0 Å². The molecule has 0 aromatic rings. The van der Waals surface area contributed by atoms with Gasteiger partial charge in [0.25, 0.3) is 0 Å². The van der Waals surface area contributed by atoms with Crippen LogP contribution in [-0.2, 0) is 23.7 Å². The molecule has 0 aromatic heterocycles. The van der Waals surface area contributed by atoms with E-state index in [1.54, 1.807) is 12.2 Å². The molecule has 0 amide bonds. The van der Waals surface area contributed by atoms with Gasteiger partial charge in [0.1, 0.15) is 24.6 Å². The highest BCUT2D eigenvalue weighted by Gasteiger charge is 2.22. The van der Waals surface area contributed by atoms with Crippen molar-refractivity contribution in [3.05, 3.63) is 38.0 Å². The molecule has 2 fully saturated rings. The maximum Gasteiger partial charge on any atom is 0.177 e. The molecule has 2 rings (SSSR count). The molecule has 2 atom stereocenters. The lowest BCUT2D eigenvalue weighted by atomic mass is 10.4. The summed E-state index contributed by atoms with van der Waals surface area (Å²) >= 11 is 0. The first-order valence-corrected chi connectivity index (χ1v) is 8.42. The number of carbonyl (C=O) groups is 1. The van der Waals surface area contributed by atoms with Crippen LogP contribution in [-0.4, -0.2) is 108 Å². The normalized spacial score (nSPS) is 24.8. The van der Waals surface area contributed by atoms with Crippen molar-refractivity contribution in [2.24, 2.45) is 0 Å². The second kappa shape index (κ2) is 22.8. The van der Waals surface area contributed by atoms with Gasteiger partial charge in [0.15, 0.2) is 12.6 Å². The van der Waals surface area contributed by atoms with Gasteiger partial charge in [0.2, 0.25) is 0 Å². The molecule has 2 saturated heterocycles. The highest BCUT2D eigenvalue weighted by Crippen LogP contribution is 2.10. The average Bonchev–Trinajstić information content (AvgIpc) is 3.23. The Labute approximate surface area is 170 Å². The topological polar surface area (TPSA) is 187 Å². The van der Waals surface area contributed by atoms with Gasteiger partial charge < -0.3 is 50.0 Å². The number of carbonyl (C=O) groups excluding carboxylic acids is 1. The fraction of sp³-hybridized carbons (Fsp3) is 0.611. The quantitative estimate of drug-likeness (QED) is 0.175. The van der Waals surface area contributed by atoms with E-state index in [0.717, 1.165) is 0 Å². The number of hydrogen-bond donors (Lipinski definition) is 5. The third-order valence-electron chi connectivity index (χ3n) is 2.78. The third-order valence-corrected chi connectivity index (χ3v) is 2.78. The van der Waals surface area contributed by atoms with Gasteiger partial charge in [-0.15, -0.1) is 0 Å². The van der Waals surface area contributed by atoms with Crippen LogP contribution < -0.4 is 0 Å². The van der Waals surface area contributed by atoms with Gasteiger partial charge in [-0.1, -0.05) is 19.7 Å². The molecule has 7 N–H and O–H groups in total. The number of hydrogen-bond acceptors (Lipinski definition) is 10. The van der Waals surface area contributed by atoms with Crippen molar-refractivity contribution >= 4 is 6.29 Å². The maximum absolute atomic E-state index is 9.06. The van der Waals surface area contributed by atoms with Gasteiger partial charge in [-0.2, -0.15) is 0 Å². The first-order chi connectivity index (χ1) is 13.4. The Morgan fingerprint density at radius 3 is 1.62 bits per heavy atom. The molecule has 0 spiro atoms. The highest BCUT2D eigenvalue weighted by atomic mass is 16.7. The zero-order valence-electron chi connectivity index (χ0n) is 16.3. The predicted molar refractivity (Wildman–Crippen MR) is 104 cm³/mol. The molecule has 0 radical (unpaired) electrons. The molecular weight excluding hydrogens is 392 g/mol. The van der Waals surface area contributed by atoms with Crippen molar-refractivity contribution in [3.63, 3.8) is 0 Å². The third kappa shape index (κ3) is 19.6. The van der Waals surface area contributed by atoms with E-state index < -0.39 is 12.2 Å². The lowest BCUT2D eigenvalue weighted by molar-refractivity contribution is -0.192. The number of aldehydes is 1. The Kier molecular flexibility index (Phi) is 25.3. The van der Waals surface area contributed by atoms with Crippen LogP contribution in [0.2, 0.25) is 0 Å². The summed E-state index contributed by atoms with van der Waals surface area (Å²) in [6.45, 7) is 10.5. The molecule has 0 bridgehead atoms. The standard InChI is InChI=1S/2C6H10O3.C3H8O3.C3H4O.H2O/c1-2-6-8-3-5(7)4-9-6;1-2-6-8-4-5(3-7)9-6;4-1-3(6)2-5;1-2-3-4;/h2*2,5-7H,1,3-4H2;3-6H,1-2H2;2-3H,1H2;1H2. The predicted octanol–water partition coefficient (Wildman–Crippen LogP) is -2.31. The molecule has 2 heterocycles. The van der Waals surface area contributed by atoms with Crippen LogP contribution >= 0.6 is 0 Å². The number of ether oxygens (including phenoxy) is 4. The molecule has 2 aliphatic rings. The number of aliphatic hydroxyl groups excluding tert-OH is 5. The minimum absolute atomic E-state index is 0. The number of rotatable bonds is 6. The van der Waals surface area contributed by atoms with Crippen molar-refractivity contribution < 1.29 is 54.8 Å². The van der Waals surface area contributed by atoms with Crippen molar-refractivity contribution in [1.82, 2.24) is 0 Å². The van der Waals surface area contributed by atoms with Gasteiger partial charge in [0, 0.05) is 0 Å². The Morgan fingerprint density at radius 1 is 0.931 bits per heavy atom. The van der Waals surface area contributed by atoms with Crippen LogP contribution in [0.5, 0.6) is 0 Å². The second-order valence-corrected chi connectivity index (χ2v) is 5.19. The minimum Gasteiger partial charge on any atom is -0.412 e. The number of aliphatic hydroxyl groups is 5. The summed E-state index contributed by atoms with van der Waals surface area (Å²) in [7, 11) is 0. The van der Waals surface area contributed by atoms with E-state index in [9.17, 15) is 0 Å². The summed E-state index contributed by atoms with van der Waals surface area (Å²) in [5, 5.41) is 41.4. The Morgan fingerprint density at radius 2 is 1.38 bits per heavy atom. The molecule has 2 unspecified atom stereocenters. The van der Waals surface area contributed by atoms with Gasteiger partial charge in [-0.25, -0.2) is 0 Å². The van der Waals surface area contributed by atoms with E-state index in [4.69, 9.17) is 49.3 Å². The smallest absolute Gasteiger partial charge is 0.177 e. The molecule has 0 aliphatic carbocycles. The lowest BCUT2D eigenvalue weighted by Crippen LogP contribution is -2.34. The van der Waals surface area contributed by atoms with Crippen LogP contribution in [0.25, 0.3) is 0 Å². The molecule has 29 heavy (non-hydrogen) atoms. The van der Waals surface area contributed by atoms with Crippen LogP contribution in [0.15, 0.2) is 38.0 Å². The first kappa shape index (κ1) is 32.2. The van der Waals surface area contributed by atoms with E-state index in [0.29, 0.717) is 26.1 Å². The van der Waals surface area contributed by atoms with Crippen molar-refractivity contribution in [3.8, 4) is 0 Å². The molecule has 2 aliphatic heterocycles. The van der Waals surface area contributed by atoms with Crippen LogP contribution in [0.1, 0.15) is 0 Å². The summed E-state index contributed by atoms with van der Waals surface area (Å²) in [4.78, 5) is 9.06. The zero-order chi connectivity index (χ0) is 21.8. The summed E-state index contributed by atoms with van der Waals surface area (Å²) < 4.78 is 20.0. The Bertz CT molecular complexity index is 381.